The first-order valence-electron chi connectivity index (χ1n) is 9.82. The first kappa shape index (κ1) is 19.9. The molecule has 2 amide bonds. The minimum atomic E-state index is -0.622. The molecule has 0 aliphatic carbocycles. The summed E-state index contributed by atoms with van der Waals surface area (Å²) in [7, 11) is 0. The summed E-state index contributed by atoms with van der Waals surface area (Å²) in [5.74, 6) is -0.0794. The maximum atomic E-state index is 13.0. The Kier molecular flexibility index (Phi) is 6.63. The highest BCUT2D eigenvalue weighted by atomic mass is 16.5. The summed E-state index contributed by atoms with van der Waals surface area (Å²) in [5, 5.41) is 2.93. The van der Waals surface area contributed by atoms with E-state index in [0.29, 0.717) is 24.5 Å². The van der Waals surface area contributed by atoms with Gasteiger partial charge < -0.3 is 15.0 Å². The molecule has 1 N–H and O–H groups in total. The summed E-state index contributed by atoms with van der Waals surface area (Å²) in [6.45, 7) is 5.60. The summed E-state index contributed by atoms with van der Waals surface area (Å²) >= 11 is 0. The van der Waals surface area contributed by atoms with E-state index in [0.717, 1.165) is 37.2 Å². The SMILES string of the molecule is CCOc1nc(C)ccc1C(=O)NC(Cc1ccccc1)C(=O)N1CCCC1. The lowest BCUT2D eigenvalue weighted by atomic mass is 10.0. The van der Waals surface area contributed by atoms with E-state index >= 15 is 0 Å². The molecule has 6 heteroatoms. The Balaban J connectivity index is 1.82. The van der Waals surface area contributed by atoms with Crippen molar-refractivity contribution in [1.29, 1.82) is 0 Å². The number of nitrogens with one attached hydrogen (secondary N) is 1. The maximum absolute atomic E-state index is 13.0. The number of benzene rings is 1. The normalized spacial score (nSPS) is 14.6. The Morgan fingerprint density at radius 1 is 1.14 bits per heavy atom. The molecule has 0 spiro atoms. The molecule has 0 radical (unpaired) electrons. The van der Waals surface area contributed by atoms with Crippen molar-refractivity contribution in [2.45, 2.75) is 39.2 Å². The molecule has 1 fully saturated rings. The first-order chi connectivity index (χ1) is 13.6. The third kappa shape index (κ3) is 4.88. The van der Waals surface area contributed by atoms with Crippen molar-refractivity contribution in [2.75, 3.05) is 19.7 Å². The molecule has 1 aromatic carbocycles. The molecule has 0 bridgehead atoms. The van der Waals surface area contributed by atoms with Gasteiger partial charge in [0, 0.05) is 25.2 Å². The van der Waals surface area contributed by atoms with Gasteiger partial charge in [-0.05, 0) is 44.4 Å². The highest BCUT2D eigenvalue weighted by Crippen LogP contribution is 2.18. The molecule has 0 saturated carbocycles. The van der Waals surface area contributed by atoms with E-state index in [1.54, 1.807) is 12.1 Å². The smallest absolute Gasteiger partial charge is 0.257 e. The predicted molar refractivity (Wildman–Crippen MR) is 107 cm³/mol. The van der Waals surface area contributed by atoms with Crippen molar-refractivity contribution in [1.82, 2.24) is 15.2 Å². The Morgan fingerprint density at radius 3 is 2.54 bits per heavy atom. The monoisotopic (exact) mass is 381 g/mol. The fraction of sp³-hybridized carbons (Fsp3) is 0.409. The summed E-state index contributed by atoms with van der Waals surface area (Å²) in [6, 6.07) is 12.6. The van der Waals surface area contributed by atoms with Gasteiger partial charge in [-0.3, -0.25) is 9.59 Å². The molecule has 3 rings (SSSR count). The number of rotatable bonds is 7. The summed E-state index contributed by atoms with van der Waals surface area (Å²) in [4.78, 5) is 32.2. The molecule has 1 aliphatic rings. The first-order valence-corrected chi connectivity index (χ1v) is 9.82. The van der Waals surface area contributed by atoms with Crippen LogP contribution in [-0.2, 0) is 11.2 Å². The van der Waals surface area contributed by atoms with Gasteiger partial charge in [0.1, 0.15) is 11.6 Å². The molecule has 1 aliphatic heterocycles. The second-order valence-corrected chi connectivity index (χ2v) is 6.99. The standard InChI is InChI=1S/C22H27N3O3/c1-3-28-21-18(12-11-16(2)23-21)20(26)24-19(15-17-9-5-4-6-10-17)22(27)25-13-7-8-14-25/h4-6,9-12,19H,3,7-8,13-15H2,1-2H3,(H,24,26). The number of carbonyl (C=O) groups excluding carboxylic acids is 2. The molecular formula is C22H27N3O3. The van der Waals surface area contributed by atoms with Gasteiger partial charge >= 0.3 is 0 Å². The van der Waals surface area contributed by atoms with Crippen LogP contribution >= 0.6 is 0 Å². The quantitative estimate of drug-likeness (QED) is 0.801. The minimum Gasteiger partial charge on any atom is -0.477 e. The molecule has 148 valence electrons. The molecule has 1 unspecified atom stereocenters. The highest BCUT2D eigenvalue weighted by molar-refractivity contribution is 5.99. The van der Waals surface area contributed by atoms with E-state index in [9.17, 15) is 9.59 Å². The van der Waals surface area contributed by atoms with Crippen LogP contribution in [0.5, 0.6) is 5.88 Å². The van der Waals surface area contributed by atoms with Crippen molar-refractivity contribution in [2.24, 2.45) is 0 Å². The van der Waals surface area contributed by atoms with Crippen LogP contribution in [-0.4, -0.2) is 47.4 Å². The summed E-state index contributed by atoms with van der Waals surface area (Å²) < 4.78 is 5.53. The molecule has 6 nitrogen and oxygen atoms in total. The van der Waals surface area contributed by atoms with E-state index in [1.807, 2.05) is 49.1 Å². The van der Waals surface area contributed by atoms with Gasteiger partial charge in [0.15, 0.2) is 0 Å². The van der Waals surface area contributed by atoms with Gasteiger partial charge in [-0.2, -0.15) is 0 Å². The number of amides is 2. The second-order valence-electron chi connectivity index (χ2n) is 6.99. The zero-order chi connectivity index (χ0) is 19.9. The number of hydrogen-bond acceptors (Lipinski definition) is 4. The van der Waals surface area contributed by atoms with Crippen LogP contribution in [0.4, 0.5) is 0 Å². The number of aryl methyl sites for hydroxylation is 1. The highest BCUT2D eigenvalue weighted by Gasteiger charge is 2.29. The van der Waals surface area contributed by atoms with Crippen molar-refractivity contribution < 1.29 is 14.3 Å². The Labute approximate surface area is 165 Å². The number of likely N-dealkylation sites (tertiary alicyclic amines) is 1. The number of hydrogen-bond donors (Lipinski definition) is 1. The molecule has 28 heavy (non-hydrogen) atoms. The average Bonchev–Trinajstić information content (AvgIpc) is 3.23. The lowest BCUT2D eigenvalue weighted by Gasteiger charge is -2.24. The lowest BCUT2D eigenvalue weighted by molar-refractivity contribution is -0.132. The number of aromatic nitrogens is 1. The van der Waals surface area contributed by atoms with Crippen molar-refractivity contribution in [3.8, 4) is 5.88 Å². The summed E-state index contributed by atoms with van der Waals surface area (Å²) in [5.41, 5.74) is 2.13. The van der Waals surface area contributed by atoms with Gasteiger partial charge in [0.05, 0.1) is 6.61 Å². The van der Waals surface area contributed by atoms with E-state index < -0.39 is 6.04 Å². The molecular weight excluding hydrogens is 354 g/mol. The fourth-order valence-electron chi connectivity index (χ4n) is 3.40. The molecule has 1 saturated heterocycles. The average molecular weight is 381 g/mol. The lowest BCUT2D eigenvalue weighted by Crippen LogP contribution is -2.49. The topological polar surface area (TPSA) is 71.5 Å². The van der Waals surface area contributed by atoms with Gasteiger partial charge in [-0.25, -0.2) is 4.98 Å². The number of ether oxygens (including phenoxy) is 1. The molecule has 2 heterocycles. The van der Waals surface area contributed by atoms with Crippen LogP contribution in [0.15, 0.2) is 42.5 Å². The number of pyridine rings is 1. The maximum Gasteiger partial charge on any atom is 0.257 e. The zero-order valence-corrected chi connectivity index (χ0v) is 16.5. The fourth-order valence-corrected chi connectivity index (χ4v) is 3.40. The largest absolute Gasteiger partial charge is 0.477 e. The van der Waals surface area contributed by atoms with Crippen molar-refractivity contribution in [3.63, 3.8) is 0 Å². The number of nitrogens with zero attached hydrogens (tertiary/aromatic N) is 2. The Hall–Kier alpha value is -2.89. The van der Waals surface area contributed by atoms with E-state index in [4.69, 9.17) is 4.74 Å². The van der Waals surface area contributed by atoms with Crippen LogP contribution in [0.2, 0.25) is 0 Å². The van der Waals surface area contributed by atoms with Gasteiger partial charge in [-0.15, -0.1) is 0 Å². The molecule has 1 atom stereocenters. The third-order valence-electron chi connectivity index (χ3n) is 4.83. The van der Waals surface area contributed by atoms with Crippen LogP contribution in [0.1, 0.15) is 41.4 Å². The van der Waals surface area contributed by atoms with Crippen LogP contribution < -0.4 is 10.1 Å². The Bertz CT molecular complexity index is 817. The van der Waals surface area contributed by atoms with E-state index in [1.165, 1.54) is 0 Å². The minimum absolute atomic E-state index is 0.0345. The zero-order valence-electron chi connectivity index (χ0n) is 16.5. The van der Waals surface area contributed by atoms with Crippen LogP contribution in [0.3, 0.4) is 0 Å². The van der Waals surface area contributed by atoms with Gasteiger partial charge in [0.2, 0.25) is 11.8 Å². The third-order valence-corrected chi connectivity index (χ3v) is 4.83. The van der Waals surface area contributed by atoms with Gasteiger partial charge in [0.25, 0.3) is 5.91 Å². The van der Waals surface area contributed by atoms with Crippen molar-refractivity contribution in [3.05, 3.63) is 59.3 Å². The van der Waals surface area contributed by atoms with Crippen molar-refractivity contribution >= 4 is 11.8 Å². The molecule has 1 aromatic heterocycles. The Morgan fingerprint density at radius 2 is 1.86 bits per heavy atom. The predicted octanol–water partition coefficient (Wildman–Crippen LogP) is 2.75. The van der Waals surface area contributed by atoms with Crippen LogP contribution in [0, 0.1) is 6.92 Å². The molecule has 2 aromatic rings. The van der Waals surface area contributed by atoms with E-state index in [-0.39, 0.29) is 11.8 Å². The number of carbonyl (C=O) groups is 2. The van der Waals surface area contributed by atoms with Gasteiger partial charge in [-0.1, -0.05) is 30.3 Å². The van der Waals surface area contributed by atoms with E-state index in [2.05, 4.69) is 10.3 Å². The van der Waals surface area contributed by atoms with Crippen LogP contribution in [0.25, 0.3) is 0 Å². The summed E-state index contributed by atoms with van der Waals surface area (Å²) in [6.07, 6.45) is 2.47. The second kappa shape index (κ2) is 9.35.